The molecule has 1 aromatic rings. The summed E-state index contributed by atoms with van der Waals surface area (Å²) in [6.45, 7) is 4.92. The van der Waals surface area contributed by atoms with E-state index >= 15 is 0 Å². The molecule has 2 aliphatic heterocycles. The number of anilines is 1. The highest BCUT2D eigenvalue weighted by Gasteiger charge is 2.17. The van der Waals surface area contributed by atoms with Gasteiger partial charge >= 0.3 is 0 Å². The zero-order chi connectivity index (χ0) is 12.9. The van der Waals surface area contributed by atoms with E-state index in [0.717, 1.165) is 51.6 Å². The molecule has 1 aromatic heterocycles. The Labute approximate surface area is 114 Å². The van der Waals surface area contributed by atoms with Crippen molar-refractivity contribution in [2.24, 2.45) is 5.92 Å². The molecule has 5 heteroatoms. The number of rotatable bonds is 4. The Morgan fingerprint density at radius 2 is 2.00 bits per heavy atom. The van der Waals surface area contributed by atoms with Gasteiger partial charge in [0.05, 0.1) is 0 Å². The summed E-state index contributed by atoms with van der Waals surface area (Å²) in [6.07, 6.45) is 7.36. The topological polar surface area (TPSA) is 59.1 Å². The predicted molar refractivity (Wildman–Crippen MR) is 74.3 cm³/mol. The molecule has 5 nitrogen and oxygen atoms in total. The average molecular weight is 262 g/mol. The van der Waals surface area contributed by atoms with Gasteiger partial charge in [-0.2, -0.15) is 0 Å². The Balaban J connectivity index is 1.52. The van der Waals surface area contributed by atoms with Gasteiger partial charge in [-0.25, -0.2) is 9.97 Å². The number of nitrogens with zero attached hydrogens (tertiary/aromatic N) is 2. The molecule has 2 N–H and O–H groups in total. The Morgan fingerprint density at radius 3 is 2.68 bits per heavy atom. The first-order valence-electron chi connectivity index (χ1n) is 7.26. The predicted octanol–water partition coefficient (Wildman–Crippen LogP) is 1.39. The van der Waals surface area contributed by atoms with Crippen molar-refractivity contribution in [3.63, 3.8) is 0 Å². The lowest BCUT2D eigenvalue weighted by molar-refractivity contribution is 0.0852. The minimum Gasteiger partial charge on any atom is -0.381 e. The largest absolute Gasteiger partial charge is 0.381 e. The van der Waals surface area contributed by atoms with E-state index in [1.165, 1.54) is 12.0 Å². The van der Waals surface area contributed by atoms with Crippen LogP contribution in [0.3, 0.4) is 0 Å². The first kappa shape index (κ1) is 12.8. The van der Waals surface area contributed by atoms with Crippen molar-refractivity contribution < 1.29 is 4.74 Å². The molecule has 0 bridgehead atoms. The van der Waals surface area contributed by atoms with E-state index in [1.807, 2.05) is 12.4 Å². The third-order valence-corrected chi connectivity index (χ3v) is 4.08. The molecule has 0 aliphatic carbocycles. The van der Waals surface area contributed by atoms with Crippen molar-refractivity contribution >= 4 is 5.95 Å². The third-order valence-electron chi connectivity index (χ3n) is 4.08. The van der Waals surface area contributed by atoms with Gasteiger partial charge in [0, 0.05) is 32.2 Å². The van der Waals surface area contributed by atoms with Crippen LogP contribution < -0.4 is 10.6 Å². The normalized spacial score (nSPS) is 24.5. The first-order valence-corrected chi connectivity index (χ1v) is 7.26. The Bertz CT molecular complexity index is 383. The van der Waals surface area contributed by atoms with Crippen LogP contribution in [0.4, 0.5) is 5.95 Å². The highest BCUT2D eigenvalue weighted by atomic mass is 16.5. The number of ether oxygens (including phenoxy) is 1. The van der Waals surface area contributed by atoms with Crippen LogP contribution in [0.15, 0.2) is 12.4 Å². The van der Waals surface area contributed by atoms with Crippen molar-refractivity contribution in [3.05, 3.63) is 18.0 Å². The molecule has 0 aromatic carbocycles. The molecule has 2 fully saturated rings. The second-order valence-corrected chi connectivity index (χ2v) is 5.47. The van der Waals surface area contributed by atoms with Crippen LogP contribution >= 0.6 is 0 Å². The molecule has 0 amide bonds. The highest BCUT2D eigenvalue weighted by molar-refractivity contribution is 5.26. The van der Waals surface area contributed by atoms with Gasteiger partial charge in [-0.15, -0.1) is 0 Å². The molecule has 0 spiro atoms. The second kappa shape index (κ2) is 6.30. The van der Waals surface area contributed by atoms with E-state index in [2.05, 4.69) is 20.6 Å². The molecular formula is C14H22N4O. The van der Waals surface area contributed by atoms with Gasteiger partial charge < -0.3 is 15.4 Å². The molecule has 1 atom stereocenters. The molecule has 2 saturated heterocycles. The monoisotopic (exact) mass is 262 g/mol. The zero-order valence-corrected chi connectivity index (χ0v) is 11.3. The Hall–Kier alpha value is -1.20. The smallest absolute Gasteiger partial charge is 0.222 e. The van der Waals surface area contributed by atoms with E-state index in [9.17, 15) is 0 Å². The van der Waals surface area contributed by atoms with Gasteiger partial charge in [-0.3, -0.25) is 0 Å². The van der Waals surface area contributed by atoms with E-state index in [4.69, 9.17) is 4.74 Å². The molecule has 3 heterocycles. The van der Waals surface area contributed by atoms with Crippen molar-refractivity contribution in [1.29, 1.82) is 0 Å². The summed E-state index contributed by atoms with van der Waals surface area (Å²) in [6, 6.07) is 0. The fourth-order valence-corrected chi connectivity index (χ4v) is 2.80. The summed E-state index contributed by atoms with van der Waals surface area (Å²) in [5.41, 5.74) is 1.25. The molecule has 1 unspecified atom stereocenters. The van der Waals surface area contributed by atoms with Crippen molar-refractivity contribution in [2.45, 2.75) is 25.2 Å². The molecule has 0 saturated carbocycles. The summed E-state index contributed by atoms with van der Waals surface area (Å²) < 4.78 is 5.38. The summed E-state index contributed by atoms with van der Waals surface area (Å²) in [4.78, 5) is 8.86. The van der Waals surface area contributed by atoms with Crippen LogP contribution in [0.5, 0.6) is 0 Å². The Morgan fingerprint density at radius 1 is 1.21 bits per heavy atom. The lowest BCUT2D eigenvalue weighted by Gasteiger charge is -2.21. The van der Waals surface area contributed by atoms with Crippen molar-refractivity contribution in [1.82, 2.24) is 15.3 Å². The van der Waals surface area contributed by atoms with Gasteiger partial charge in [-0.1, -0.05) is 0 Å². The van der Waals surface area contributed by atoms with E-state index in [-0.39, 0.29) is 0 Å². The highest BCUT2D eigenvalue weighted by Crippen LogP contribution is 2.25. The van der Waals surface area contributed by atoms with Crippen LogP contribution in [-0.2, 0) is 4.74 Å². The van der Waals surface area contributed by atoms with Crippen LogP contribution in [0, 0.1) is 5.92 Å². The lowest BCUT2D eigenvalue weighted by Crippen LogP contribution is -2.18. The summed E-state index contributed by atoms with van der Waals surface area (Å²) >= 11 is 0. The van der Waals surface area contributed by atoms with Crippen LogP contribution in [0.1, 0.15) is 30.7 Å². The quantitative estimate of drug-likeness (QED) is 0.859. The summed E-state index contributed by atoms with van der Waals surface area (Å²) in [5.74, 6) is 2.03. The first-order chi connectivity index (χ1) is 9.42. The van der Waals surface area contributed by atoms with Crippen molar-refractivity contribution in [2.75, 3.05) is 38.2 Å². The molecular weight excluding hydrogens is 240 g/mol. The maximum absolute atomic E-state index is 5.38. The molecule has 0 radical (unpaired) electrons. The number of nitrogens with one attached hydrogen (secondary N) is 2. The fraction of sp³-hybridized carbons (Fsp3) is 0.714. The van der Waals surface area contributed by atoms with Gasteiger partial charge in [0.1, 0.15) is 0 Å². The molecule has 3 rings (SSSR count). The summed E-state index contributed by atoms with van der Waals surface area (Å²) in [5, 5.41) is 6.70. The van der Waals surface area contributed by atoms with Crippen LogP contribution in [0.2, 0.25) is 0 Å². The SMILES string of the molecule is c1nc(NCC2CCNC2)ncc1C1CCOCC1. The minimum absolute atomic E-state index is 0.571. The number of hydrogen-bond donors (Lipinski definition) is 2. The molecule has 104 valence electrons. The number of aromatic nitrogens is 2. The van der Waals surface area contributed by atoms with Gasteiger partial charge in [-0.05, 0) is 49.8 Å². The van der Waals surface area contributed by atoms with Crippen LogP contribution in [0.25, 0.3) is 0 Å². The van der Waals surface area contributed by atoms with E-state index in [1.54, 1.807) is 0 Å². The zero-order valence-electron chi connectivity index (χ0n) is 11.3. The minimum atomic E-state index is 0.571. The van der Waals surface area contributed by atoms with Gasteiger partial charge in [0.15, 0.2) is 0 Å². The van der Waals surface area contributed by atoms with Gasteiger partial charge in [0.2, 0.25) is 5.95 Å². The van der Waals surface area contributed by atoms with E-state index < -0.39 is 0 Å². The molecule has 2 aliphatic rings. The summed E-state index contributed by atoms with van der Waals surface area (Å²) in [7, 11) is 0. The molecule has 19 heavy (non-hydrogen) atoms. The standard InChI is InChI=1S/C14H22N4O/c1-4-15-7-11(1)8-16-14-17-9-13(10-18-14)12-2-5-19-6-3-12/h9-12,15H,1-8H2,(H,16,17,18). The maximum Gasteiger partial charge on any atom is 0.222 e. The van der Waals surface area contributed by atoms with E-state index in [0.29, 0.717) is 11.8 Å². The Kier molecular flexibility index (Phi) is 4.25. The maximum atomic E-state index is 5.38. The lowest BCUT2D eigenvalue weighted by atomic mass is 9.94. The van der Waals surface area contributed by atoms with Crippen LogP contribution in [-0.4, -0.2) is 42.8 Å². The van der Waals surface area contributed by atoms with Gasteiger partial charge in [0.25, 0.3) is 0 Å². The number of hydrogen-bond acceptors (Lipinski definition) is 5. The average Bonchev–Trinajstić information content (AvgIpc) is 3.00. The van der Waals surface area contributed by atoms with Crippen molar-refractivity contribution in [3.8, 4) is 0 Å². The third kappa shape index (κ3) is 3.42. The fourth-order valence-electron chi connectivity index (χ4n) is 2.80. The second-order valence-electron chi connectivity index (χ2n) is 5.47.